The lowest BCUT2D eigenvalue weighted by Gasteiger charge is -2.24. The molecule has 0 spiro atoms. The largest absolute Gasteiger partial charge is 0.433 e. The lowest BCUT2D eigenvalue weighted by molar-refractivity contribution is -0.141. The fourth-order valence-electron chi connectivity index (χ4n) is 2.23. The van der Waals surface area contributed by atoms with E-state index >= 15 is 0 Å². The molecule has 5 heteroatoms. The summed E-state index contributed by atoms with van der Waals surface area (Å²) >= 11 is 0. The Morgan fingerprint density at radius 2 is 2.06 bits per heavy atom. The molecule has 2 heterocycles. The number of hydrogen-bond acceptors (Lipinski definition) is 2. The van der Waals surface area contributed by atoms with Crippen LogP contribution in [0.4, 0.5) is 13.2 Å². The van der Waals surface area contributed by atoms with Crippen LogP contribution in [0.3, 0.4) is 0 Å². The third kappa shape index (κ3) is 2.44. The van der Waals surface area contributed by atoms with E-state index in [1.54, 1.807) is 13.0 Å². The summed E-state index contributed by atoms with van der Waals surface area (Å²) in [6.07, 6.45) is -3.52. The Kier molecular flexibility index (Phi) is 2.89. The summed E-state index contributed by atoms with van der Waals surface area (Å²) in [6, 6.07) is 2.93. The van der Waals surface area contributed by atoms with Crippen molar-refractivity contribution in [3.63, 3.8) is 0 Å². The first kappa shape index (κ1) is 12.4. The molecule has 1 saturated heterocycles. The predicted molar refractivity (Wildman–Crippen MR) is 58.8 cm³/mol. The first-order valence-corrected chi connectivity index (χ1v) is 5.58. The van der Waals surface area contributed by atoms with E-state index in [0.717, 1.165) is 18.5 Å². The molecule has 0 saturated carbocycles. The van der Waals surface area contributed by atoms with Crippen LogP contribution in [0.25, 0.3) is 0 Å². The number of alkyl halides is 3. The van der Waals surface area contributed by atoms with Crippen molar-refractivity contribution >= 4 is 0 Å². The molecular weight excluding hydrogens is 229 g/mol. The highest BCUT2D eigenvalue weighted by atomic mass is 19.4. The molecule has 1 aromatic rings. The number of halogens is 3. The summed E-state index contributed by atoms with van der Waals surface area (Å²) in [7, 11) is 0. The van der Waals surface area contributed by atoms with Gasteiger partial charge in [0.05, 0.1) is 0 Å². The number of nitrogens with one attached hydrogen (secondary N) is 1. The molecule has 2 nitrogen and oxygen atoms in total. The zero-order chi connectivity index (χ0) is 12.7. The Morgan fingerprint density at radius 1 is 1.35 bits per heavy atom. The first-order valence-electron chi connectivity index (χ1n) is 5.58. The molecular formula is C12H15F3N2. The highest BCUT2D eigenvalue weighted by Gasteiger charge is 2.36. The van der Waals surface area contributed by atoms with Crippen LogP contribution in [-0.2, 0) is 11.6 Å². The minimum Gasteiger partial charge on any atom is -0.316 e. The molecule has 1 aliphatic rings. The summed E-state index contributed by atoms with van der Waals surface area (Å²) in [5.41, 5.74) is 0.138. The Balaban J connectivity index is 2.45. The SMILES string of the molecule is Cc1cc(C2(C)CCNC2)cc(C(F)(F)F)n1. The van der Waals surface area contributed by atoms with E-state index in [0.29, 0.717) is 12.2 Å². The van der Waals surface area contributed by atoms with Crippen molar-refractivity contribution in [2.24, 2.45) is 0 Å². The molecule has 0 amide bonds. The molecule has 17 heavy (non-hydrogen) atoms. The van der Waals surface area contributed by atoms with E-state index in [9.17, 15) is 13.2 Å². The van der Waals surface area contributed by atoms with Crippen molar-refractivity contribution in [3.8, 4) is 0 Å². The zero-order valence-corrected chi connectivity index (χ0v) is 9.86. The second kappa shape index (κ2) is 3.98. The Labute approximate surface area is 98.2 Å². The van der Waals surface area contributed by atoms with Gasteiger partial charge in [-0.15, -0.1) is 0 Å². The van der Waals surface area contributed by atoms with Gasteiger partial charge in [-0.2, -0.15) is 13.2 Å². The fourth-order valence-corrected chi connectivity index (χ4v) is 2.23. The molecule has 0 bridgehead atoms. The van der Waals surface area contributed by atoms with Crippen molar-refractivity contribution in [1.29, 1.82) is 0 Å². The highest BCUT2D eigenvalue weighted by Crippen LogP contribution is 2.34. The van der Waals surface area contributed by atoms with E-state index < -0.39 is 11.9 Å². The van der Waals surface area contributed by atoms with Crippen LogP contribution >= 0.6 is 0 Å². The highest BCUT2D eigenvalue weighted by molar-refractivity contribution is 5.31. The fraction of sp³-hybridized carbons (Fsp3) is 0.583. The van der Waals surface area contributed by atoms with Crippen LogP contribution in [-0.4, -0.2) is 18.1 Å². The van der Waals surface area contributed by atoms with E-state index in [1.165, 1.54) is 6.07 Å². The van der Waals surface area contributed by atoms with Gasteiger partial charge >= 0.3 is 6.18 Å². The smallest absolute Gasteiger partial charge is 0.316 e. The number of rotatable bonds is 1. The Hall–Kier alpha value is -1.10. The number of aromatic nitrogens is 1. The molecule has 94 valence electrons. The normalized spacial score (nSPS) is 25.2. The van der Waals surface area contributed by atoms with Crippen molar-refractivity contribution in [2.45, 2.75) is 31.9 Å². The van der Waals surface area contributed by atoms with Crippen LogP contribution < -0.4 is 5.32 Å². The molecule has 1 fully saturated rings. The third-order valence-corrected chi connectivity index (χ3v) is 3.31. The standard InChI is InChI=1S/C12H15F3N2/c1-8-5-9(11(2)3-4-16-7-11)6-10(17-8)12(13,14)15/h5-6,16H,3-4,7H2,1-2H3. The molecule has 1 N–H and O–H groups in total. The number of nitrogens with zero attached hydrogens (tertiary/aromatic N) is 1. The molecule has 1 unspecified atom stereocenters. The maximum Gasteiger partial charge on any atom is 0.433 e. The topological polar surface area (TPSA) is 24.9 Å². The predicted octanol–water partition coefficient (Wildman–Crippen LogP) is 2.66. The van der Waals surface area contributed by atoms with Crippen molar-refractivity contribution in [2.75, 3.05) is 13.1 Å². The van der Waals surface area contributed by atoms with Crippen molar-refractivity contribution in [1.82, 2.24) is 10.3 Å². The van der Waals surface area contributed by atoms with Gasteiger partial charge < -0.3 is 5.32 Å². The van der Waals surface area contributed by atoms with Crippen LogP contribution in [0.1, 0.15) is 30.3 Å². The van der Waals surface area contributed by atoms with Gasteiger partial charge in [0.2, 0.25) is 0 Å². The average Bonchev–Trinajstić information content (AvgIpc) is 2.64. The summed E-state index contributed by atoms with van der Waals surface area (Å²) in [5.74, 6) is 0. The van der Waals surface area contributed by atoms with Crippen LogP contribution in [0.15, 0.2) is 12.1 Å². The van der Waals surface area contributed by atoms with E-state index in [-0.39, 0.29) is 5.41 Å². The molecule has 1 atom stereocenters. The van der Waals surface area contributed by atoms with Gasteiger partial charge in [-0.1, -0.05) is 6.92 Å². The van der Waals surface area contributed by atoms with E-state index in [4.69, 9.17) is 0 Å². The Morgan fingerprint density at radius 3 is 2.59 bits per heavy atom. The Bertz CT molecular complexity index is 420. The molecule has 0 aliphatic carbocycles. The third-order valence-electron chi connectivity index (χ3n) is 3.31. The quantitative estimate of drug-likeness (QED) is 0.821. The summed E-state index contributed by atoms with van der Waals surface area (Å²) in [5, 5.41) is 3.19. The second-order valence-electron chi connectivity index (χ2n) is 4.87. The van der Waals surface area contributed by atoms with Crippen LogP contribution in [0.5, 0.6) is 0 Å². The average molecular weight is 244 g/mol. The maximum atomic E-state index is 12.7. The maximum absolute atomic E-state index is 12.7. The first-order chi connectivity index (χ1) is 7.81. The summed E-state index contributed by atoms with van der Waals surface area (Å²) in [6.45, 7) is 5.15. The van der Waals surface area contributed by atoms with E-state index in [1.807, 2.05) is 6.92 Å². The van der Waals surface area contributed by atoms with Crippen molar-refractivity contribution < 1.29 is 13.2 Å². The molecule has 0 radical (unpaired) electrons. The minimum absolute atomic E-state index is 0.215. The van der Waals surface area contributed by atoms with Crippen LogP contribution in [0.2, 0.25) is 0 Å². The monoisotopic (exact) mass is 244 g/mol. The zero-order valence-electron chi connectivity index (χ0n) is 9.86. The van der Waals surface area contributed by atoms with Gasteiger partial charge in [0.25, 0.3) is 0 Å². The lowest BCUT2D eigenvalue weighted by atomic mass is 9.81. The number of pyridine rings is 1. The van der Waals surface area contributed by atoms with Gasteiger partial charge in [-0.3, -0.25) is 0 Å². The number of hydrogen-bond donors (Lipinski definition) is 1. The van der Waals surface area contributed by atoms with Gasteiger partial charge in [0.15, 0.2) is 0 Å². The summed E-state index contributed by atoms with van der Waals surface area (Å²) in [4.78, 5) is 3.56. The molecule has 2 rings (SSSR count). The van der Waals surface area contributed by atoms with Gasteiger partial charge in [0, 0.05) is 17.7 Å². The van der Waals surface area contributed by atoms with Crippen LogP contribution in [0, 0.1) is 6.92 Å². The summed E-state index contributed by atoms with van der Waals surface area (Å²) < 4.78 is 38.0. The molecule has 1 aromatic heterocycles. The molecule has 1 aliphatic heterocycles. The van der Waals surface area contributed by atoms with Gasteiger partial charge in [-0.05, 0) is 37.6 Å². The minimum atomic E-state index is -4.37. The molecule has 0 aromatic carbocycles. The lowest BCUT2D eigenvalue weighted by Crippen LogP contribution is -2.26. The van der Waals surface area contributed by atoms with Gasteiger partial charge in [0.1, 0.15) is 5.69 Å². The number of aryl methyl sites for hydroxylation is 1. The second-order valence-corrected chi connectivity index (χ2v) is 4.87. The van der Waals surface area contributed by atoms with E-state index in [2.05, 4.69) is 10.3 Å². The van der Waals surface area contributed by atoms with Crippen molar-refractivity contribution in [3.05, 3.63) is 29.1 Å². The van der Waals surface area contributed by atoms with Gasteiger partial charge in [-0.25, -0.2) is 4.98 Å².